The third-order valence-corrected chi connectivity index (χ3v) is 4.31. The number of benzene rings is 1. The fourth-order valence-electron chi connectivity index (χ4n) is 2.76. The van der Waals surface area contributed by atoms with E-state index in [9.17, 15) is 4.79 Å². The standard InChI is InChI=1S/C15H20N4O2.2ClH/c1-19-10-17-12-8-11(2-3-13(12)19)18-14(20)15(9-16)4-6-21-7-5-15;;/h2-3,8,10H,4-7,9,16H2,1H3,(H,18,20);2*1H. The molecule has 1 amide bonds. The van der Waals surface area contributed by atoms with Gasteiger partial charge in [0.25, 0.3) is 0 Å². The molecule has 0 spiro atoms. The van der Waals surface area contributed by atoms with Crippen LogP contribution in [0.2, 0.25) is 0 Å². The average Bonchev–Trinajstić information content (AvgIpc) is 2.89. The van der Waals surface area contributed by atoms with Crippen LogP contribution in [0.5, 0.6) is 0 Å². The smallest absolute Gasteiger partial charge is 0.232 e. The van der Waals surface area contributed by atoms with Crippen molar-refractivity contribution < 1.29 is 9.53 Å². The summed E-state index contributed by atoms with van der Waals surface area (Å²) in [6.45, 7) is 1.52. The lowest BCUT2D eigenvalue weighted by Crippen LogP contribution is -2.46. The van der Waals surface area contributed by atoms with Crippen molar-refractivity contribution in [3.05, 3.63) is 24.5 Å². The molecule has 1 aromatic heterocycles. The molecule has 1 saturated heterocycles. The maximum atomic E-state index is 12.6. The van der Waals surface area contributed by atoms with Crippen LogP contribution in [0.15, 0.2) is 24.5 Å². The van der Waals surface area contributed by atoms with E-state index < -0.39 is 5.41 Å². The number of nitrogens with zero attached hydrogens (tertiary/aromatic N) is 2. The first-order valence-electron chi connectivity index (χ1n) is 7.15. The lowest BCUT2D eigenvalue weighted by molar-refractivity contribution is -0.130. The summed E-state index contributed by atoms with van der Waals surface area (Å²) >= 11 is 0. The van der Waals surface area contributed by atoms with Crippen LogP contribution < -0.4 is 11.1 Å². The molecule has 1 aliphatic rings. The molecule has 8 heteroatoms. The van der Waals surface area contributed by atoms with Gasteiger partial charge in [-0.05, 0) is 31.0 Å². The number of halogens is 2. The van der Waals surface area contributed by atoms with Crippen LogP contribution >= 0.6 is 24.8 Å². The van der Waals surface area contributed by atoms with Gasteiger partial charge in [0, 0.05) is 32.5 Å². The van der Waals surface area contributed by atoms with Crippen LogP contribution in [-0.4, -0.2) is 35.2 Å². The third kappa shape index (κ3) is 3.77. The molecule has 2 aromatic rings. The minimum absolute atomic E-state index is 0. The summed E-state index contributed by atoms with van der Waals surface area (Å²) in [5, 5.41) is 2.98. The van der Waals surface area contributed by atoms with Gasteiger partial charge < -0.3 is 20.4 Å². The van der Waals surface area contributed by atoms with Gasteiger partial charge in [0.15, 0.2) is 0 Å². The molecule has 0 bridgehead atoms. The molecule has 128 valence electrons. The molecule has 23 heavy (non-hydrogen) atoms. The number of carbonyl (C=O) groups excluding carboxylic acids is 1. The minimum Gasteiger partial charge on any atom is -0.381 e. The predicted molar refractivity (Wildman–Crippen MR) is 95.4 cm³/mol. The zero-order valence-electron chi connectivity index (χ0n) is 12.9. The van der Waals surface area contributed by atoms with Crippen molar-refractivity contribution in [2.75, 3.05) is 25.1 Å². The van der Waals surface area contributed by atoms with Crippen LogP contribution in [-0.2, 0) is 16.6 Å². The van der Waals surface area contributed by atoms with Gasteiger partial charge in [-0.15, -0.1) is 24.8 Å². The molecule has 0 aliphatic carbocycles. The van der Waals surface area contributed by atoms with Gasteiger partial charge in [-0.2, -0.15) is 0 Å². The van der Waals surface area contributed by atoms with E-state index in [0.29, 0.717) is 32.6 Å². The molecule has 0 atom stereocenters. The number of hydrogen-bond acceptors (Lipinski definition) is 4. The summed E-state index contributed by atoms with van der Waals surface area (Å²) in [5.41, 5.74) is 7.99. The first-order chi connectivity index (χ1) is 10.1. The number of fused-ring (bicyclic) bond motifs is 1. The summed E-state index contributed by atoms with van der Waals surface area (Å²) in [6, 6.07) is 5.74. The Kier molecular flexibility index (Phi) is 6.83. The van der Waals surface area contributed by atoms with E-state index in [1.165, 1.54) is 0 Å². The third-order valence-electron chi connectivity index (χ3n) is 4.31. The zero-order valence-corrected chi connectivity index (χ0v) is 14.6. The molecule has 0 radical (unpaired) electrons. The molecule has 1 aromatic carbocycles. The first kappa shape index (κ1) is 19.7. The number of hydrogen-bond donors (Lipinski definition) is 2. The number of nitrogens with two attached hydrogens (primary N) is 1. The number of anilines is 1. The van der Waals surface area contributed by atoms with Crippen molar-refractivity contribution >= 4 is 47.4 Å². The second-order valence-electron chi connectivity index (χ2n) is 5.61. The van der Waals surface area contributed by atoms with Crippen LogP contribution in [0.4, 0.5) is 5.69 Å². The fraction of sp³-hybridized carbons (Fsp3) is 0.467. The van der Waals surface area contributed by atoms with Crippen molar-refractivity contribution in [1.82, 2.24) is 9.55 Å². The van der Waals surface area contributed by atoms with E-state index in [1.807, 2.05) is 29.8 Å². The molecule has 2 heterocycles. The van der Waals surface area contributed by atoms with Gasteiger partial charge in [-0.3, -0.25) is 4.79 Å². The summed E-state index contributed by atoms with van der Waals surface area (Å²) in [7, 11) is 1.94. The van der Waals surface area contributed by atoms with Gasteiger partial charge in [-0.25, -0.2) is 4.98 Å². The Balaban J connectivity index is 0.00000132. The highest BCUT2D eigenvalue weighted by Gasteiger charge is 2.38. The van der Waals surface area contributed by atoms with Crippen LogP contribution in [0.1, 0.15) is 12.8 Å². The highest BCUT2D eigenvalue weighted by molar-refractivity contribution is 5.97. The first-order valence-corrected chi connectivity index (χ1v) is 7.15. The minimum atomic E-state index is -0.517. The van der Waals surface area contributed by atoms with Crippen molar-refractivity contribution in [3.63, 3.8) is 0 Å². The Morgan fingerprint density at radius 1 is 1.39 bits per heavy atom. The van der Waals surface area contributed by atoms with E-state index in [0.717, 1.165) is 16.7 Å². The second kappa shape index (κ2) is 7.97. The maximum Gasteiger partial charge on any atom is 0.232 e. The molecule has 1 fully saturated rings. The summed E-state index contributed by atoms with van der Waals surface area (Å²) < 4.78 is 7.28. The van der Waals surface area contributed by atoms with E-state index in [4.69, 9.17) is 10.5 Å². The number of amides is 1. The van der Waals surface area contributed by atoms with Crippen molar-refractivity contribution in [2.24, 2.45) is 18.2 Å². The largest absolute Gasteiger partial charge is 0.381 e. The number of imidazole rings is 1. The Bertz CT molecular complexity index is 669. The number of nitrogens with one attached hydrogen (secondary N) is 1. The highest BCUT2D eigenvalue weighted by Crippen LogP contribution is 2.31. The molecule has 3 rings (SSSR count). The average molecular weight is 361 g/mol. The molecule has 1 aliphatic heterocycles. The molecular weight excluding hydrogens is 339 g/mol. The summed E-state index contributed by atoms with van der Waals surface area (Å²) in [4.78, 5) is 16.9. The lowest BCUT2D eigenvalue weighted by Gasteiger charge is -2.34. The zero-order chi connectivity index (χ0) is 14.9. The van der Waals surface area contributed by atoms with Crippen molar-refractivity contribution in [2.45, 2.75) is 12.8 Å². The van der Waals surface area contributed by atoms with Gasteiger partial charge in [0.2, 0.25) is 5.91 Å². The Hall–Kier alpha value is -1.34. The molecule has 3 N–H and O–H groups in total. The molecule has 6 nitrogen and oxygen atoms in total. The number of aromatic nitrogens is 2. The number of carbonyl (C=O) groups is 1. The quantitative estimate of drug-likeness (QED) is 0.877. The van der Waals surface area contributed by atoms with Crippen molar-refractivity contribution in [3.8, 4) is 0 Å². The predicted octanol–water partition coefficient (Wildman–Crippen LogP) is 2.11. The van der Waals surface area contributed by atoms with E-state index >= 15 is 0 Å². The van der Waals surface area contributed by atoms with Crippen LogP contribution in [0, 0.1) is 5.41 Å². The van der Waals surface area contributed by atoms with Gasteiger partial charge >= 0.3 is 0 Å². The summed E-state index contributed by atoms with van der Waals surface area (Å²) in [6.07, 6.45) is 3.10. The molecular formula is C15H22Cl2N4O2. The topological polar surface area (TPSA) is 82.2 Å². The van der Waals surface area contributed by atoms with Gasteiger partial charge in [0.1, 0.15) is 0 Å². The highest BCUT2D eigenvalue weighted by atomic mass is 35.5. The Labute approximate surface area is 147 Å². The Morgan fingerprint density at radius 2 is 2.09 bits per heavy atom. The molecule has 0 saturated carbocycles. The monoisotopic (exact) mass is 360 g/mol. The normalized spacial score (nSPS) is 16.3. The van der Waals surface area contributed by atoms with E-state index in [2.05, 4.69) is 10.3 Å². The Morgan fingerprint density at radius 3 is 2.74 bits per heavy atom. The maximum absolute atomic E-state index is 12.6. The SMILES string of the molecule is Cl.Cl.Cn1cnc2cc(NC(=O)C3(CN)CCOCC3)ccc21. The van der Waals surface area contributed by atoms with Crippen LogP contribution in [0.3, 0.4) is 0 Å². The van der Waals surface area contributed by atoms with E-state index in [-0.39, 0.29) is 30.7 Å². The van der Waals surface area contributed by atoms with Crippen molar-refractivity contribution in [1.29, 1.82) is 0 Å². The fourth-order valence-corrected chi connectivity index (χ4v) is 2.76. The van der Waals surface area contributed by atoms with Crippen LogP contribution in [0.25, 0.3) is 11.0 Å². The lowest BCUT2D eigenvalue weighted by atomic mass is 9.79. The number of aryl methyl sites for hydroxylation is 1. The van der Waals surface area contributed by atoms with E-state index in [1.54, 1.807) is 6.33 Å². The number of rotatable bonds is 3. The second-order valence-corrected chi connectivity index (χ2v) is 5.61. The molecule has 0 unspecified atom stereocenters. The van der Waals surface area contributed by atoms with Gasteiger partial charge in [-0.1, -0.05) is 0 Å². The number of ether oxygens (including phenoxy) is 1. The van der Waals surface area contributed by atoms with Gasteiger partial charge in [0.05, 0.1) is 22.8 Å². The summed E-state index contributed by atoms with van der Waals surface area (Å²) in [5.74, 6) is -0.0245.